The highest BCUT2D eigenvalue weighted by molar-refractivity contribution is 5.48. The first-order valence-corrected chi connectivity index (χ1v) is 6.33. The van der Waals surface area contributed by atoms with E-state index in [1.54, 1.807) is 4.90 Å². The van der Waals surface area contributed by atoms with Crippen LogP contribution in [0.5, 0.6) is 0 Å². The van der Waals surface area contributed by atoms with Gasteiger partial charge < -0.3 is 9.80 Å². The van der Waals surface area contributed by atoms with Gasteiger partial charge in [-0.2, -0.15) is 0 Å². The van der Waals surface area contributed by atoms with E-state index in [1.807, 2.05) is 0 Å². The number of hydrogen-bond donors (Lipinski definition) is 1. The quantitative estimate of drug-likeness (QED) is 0.784. The molecule has 0 bridgehead atoms. The van der Waals surface area contributed by atoms with Gasteiger partial charge in [0.05, 0.1) is 33.2 Å². The molecule has 0 spiro atoms. The van der Waals surface area contributed by atoms with Gasteiger partial charge in [-0.15, -0.1) is 0 Å². The molecule has 0 saturated carbocycles. The zero-order valence-corrected chi connectivity index (χ0v) is 10.7. The Bertz CT molecular complexity index is 321. The lowest BCUT2D eigenvalue weighted by atomic mass is 10.0. The van der Waals surface area contributed by atoms with Crippen LogP contribution in [-0.2, 0) is 0 Å². The summed E-state index contributed by atoms with van der Waals surface area (Å²) in [7, 11) is 2.28. The molecule has 1 N–H and O–H groups in total. The summed E-state index contributed by atoms with van der Waals surface area (Å²) >= 11 is 0. The fourth-order valence-electron chi connectivity index (χ4n) is 2.22. The first-order valence-electron chi connectivity index (χ1n) is 6.33. The molecule has 2 heteroatoms. The van der Waals surface area contributed by atoms with Crippen LogP contribution in [0.2, 0.25) is 0 Å². The Balaban J connectivity index is 2.04. The second-order valence-corrected chi connectivity index (χ2v) is 5.19. The fraction of sp³-hybridized carbons (Fsp3) is 0.571. The minimum absolute atomic E-state index is 0.631. The number of hydrogen-bond acceptors (Lipinski definition) is 1. The smallest absolute Gasteiger partial charge is 0.0947 e. The number of rotatable bonds is 2. The van der Waals surface area contributed by atoms with E-state index in [4.69, 9.17) is 0 Å². The van der Waals surface area contributed by atoms with Crippen LogP contribution in [-0.4, -0.2) is 33.2 Å². The molecular weight excluding hydrogens is 196 g/mol. The van der Waals surface area contributed by atoms with Crippen LogP contribution < -0.4 is 9.80 Å². The molecule has 1 aliphatic rings. The van der Waals surface area contributed by atoms with E-state index in [0.29, 0.717) is 5.92 Å². The summed E-state index contributed by atoms with van der Waals surface area (Å²) in [6.07, 6.45) is 0. The highest BCUT2D eigenvalue weighted by Gasteiger charge is 2.16. The average Bonchev–Trinajstić information content (AvgIpc) is 2.30. The monoisotopic (exact) mass is 219 g/mol. The molecule has 2 nitrogen and oxygen atoms in total. The minimum atomic E-state index is 0.631. The molecular formula is C14H23N2+. The van der Waals surface area contributed by atoms with Gasteiger partial charge >= 0.3 is 0 Å². The zero-order valence-electron chi connectivity index (χ0n) is 10.7. The Morgan fingerprint density at radius 1 is 1.06 bits per heavy atom. The minimum Gasteiger partial charge on any atom is -0.360 e. The van der Waals surface area contributed by atoms with Gasteiger partial charge in [0.2, 0.25) is 0 Å². The SMILES string of the molecule is CC(C)c1ccc(N2CC[NH+](C)CC2)cc1. The highest BCUT2D eigenvalue weighted by atomic mass is 15.2. The molecule has 88 valence electrons. The van der Waals surface area contributed by atoms with E-state index >= 15 is 0 Å². The van der Waals surface area contributed by atoms with Gasteiger partial charge in [-0.05, 0) is 23.6 Å². The average molecular weight is 219 g/mol. The number of quaternary nitrogens is 1. The molecule has 1 aliphatic heterocycles. The van der Waals surface area contributed by atoms with Crippen LogP contribution >= 0.6 is 0 Å². The van der Waals surface area contributed by atoms with Crippen molar-refractivity contribution in [3.8, 4) is 0 Å². The lowest BCUT2D eigenvalue weighted by molar-refractivity contribution is -0.880. The Hall–Kier alpha value is -1.02. The summed E-state index contributed by atoms with van der Waals surface area (Å²) in [4.78, 5) is 4.15. The second kappa shape index (κ2) is 4.88. The maximum Gasteiger partial charge on any atom is 0.0947 e. The lowest BCUT2D eigenvalue weighted by Gasteiger charge is -2.31. The normalized spacial score (nSPS) is 18.1. The molecule has 1 aromatic rings. The van der Waals surface area contributed by atoms with Crippen LogP contribution in [0.4, 0.5) is 5.69 Å². The number of benzene rings is 1. The van der Waals surface area contributed by atoms with Crippen molar-refractivity contribution in [2.75, 3.05) is 38.1 Å². The Morgan fingerprint density at radius 3 is 2.12 bits per heavy atom. The van der Waals surface area contributed by atoms with Crippen molar-refractivity contribution in [1.82, 2.24) is 0 Å². The van der Waals surface area contributed by atoms with Crippen LogP contribution in [0.15, 0.2) is 24.3 Å². The molecule has 0 amide bonds. The number of piperazine rings is 1. The van der Waals surface area contributed by atoms with Crippen molar-refractivity contribution in [3.05, 3.63) is 29.8 Å². The van der Waals surface area contributed by atoms with E-state index in [0.717, 1.165) is 0 Å². The summed E-state index contributed by atoms with van der Waals surface area (Å²) < 4.78 is 0. The molecule has 1 saturated heterocycles. The Morgan fingerprint density at radius 2 is 1.62 bits per heavy atom. The number of likely N-dealkylation sites (N-methyl/N-ethyl adjacent to an activating group) is 1. The largest absolute Gasteiger partial charge is 0.360 e. The molecule has 2 rings (SSSR count). The lowest BCUT2D eigenvalue weighted by Crippen LogP contribution is -3.12. The number of nitrogens with zero attached hydrogens (tertiary/aromatic N) is 1. The van der Waals surface area contributed by atoms with E-state index in [-0.39, 0.29) is 0 Å². The van der Waals surface area contributed by atoms with Crippen LogP contribution in [0, 0.1) is 0 Å². The van der Waals surface area contributed by atoms with Gasteiger partial charge in [0.25, 0.3) is 0 Å². The van der Waals surface area contributed by atoms with Gasteiger partial charge in [-0.1, -0.05) is 26.0 Å². The molecule has 0 aliphatic carbocycles. The first-order chi connectivity index (χ1) is 7.66. The summed E-state index contributed by atoms with van der Waals surface area (Å²) in [5, 5.41) is 0. The van der Waals surface area contributed by atoms with E-state index < -0.39 is 0 Å². The maximum absolute atomic E-state index is 2.50. The van der Waals surface area contributed by atoms with Crippen molar-refractivity contribution in [1.29, 1.82) is 0 Å². The Kier molecular flexibility index (Phi) is 3.49. The summed E-state index contributed by atoms with van der Waals surface area (Å²) in [5.74, 6) is 0.631. The maximum atomic E-state index is 2.50. The first kappa shape index (κ1) is 11.5. The topological polar surface area (TPSA) is 7.68 Å². The van der Waals surface area contributed by atoms with Crippen molar-refractivity contribution < 1.29 is 4.90 Å². The summed E-state index contributed by atoms with van der Waals surface area (Å²) in [6, 6.07) is 9.09. The molecule has 0 aromatic heterocycles. The van der Waals surface area contributed by atoms with E-state index in [1.165, 1.54) is 37.4 Å². The van der Waals surface area contributed by atoms with Gasteiger partial charge in [-0.3, -0.25) is 0 Å². The van der Waals surface area contributed by atoms with Gasteiger partial charge in [-0.25, -0.2) is 0 Å². The molecule has 1 heterocycles. The highest BCUT2D eigenvalue weighted by Crippen LogP contribution is 2.19. The van der Waals surface area contributed by atoms with Crippen molar-refractivity contribution >= 4 is 5.69 Å². The number of anilines is 1. The van der Waals surface area contributed by atoms with Gasteiger partial charge in [0, 0.05) is 5.69 Å². The van der Waals surface area contributed by atoms with E-state index in [9.17, 15) is 0 Å². The third-order valence-electron chi connectivity index (χ3n) is 3.54. The predicted molar refractivity (Wildman–Crippen MR) is 69.4 cm³/mol. The predicted octanol–water partition coefficient (Wildman–Crippen LogP) is 1.14. The summed E-state index contributed by atoms with van der Waals surface area (Å²) in [6.45, 7) is 9.38. The van der Waals surface area contributed by atoms with Crippen molar-refractivity contribution in [2.24, 2.45) is 0 Å². The van der Waals surface area contributed by atoms with E-state index in [2.05, 4.69) is 50.1 Å². The molecule has 0 unspecified atom stereocenters. The molecule has 1 fully saturated rings. The standard InChI is InChI=1S/C14H22N2/c1-12(2)13-4-6-14(7-5-13)16-10-8-15(3)9-11-16/h4-7,12H,8-11H2,1-3H3/p+1. The molecule has 0 atom stereocenters. The van der Waals surface area contributed by atoms with Gasteiger partial charge in [0.15, 0.2) is 0 Å². The van der Waals surface area contributed by atoms with Crippen molar-refractivity contribution in [2.45, 2.75) is 19.8 Å². The third-order valence-corrected chi connectivity index (χ3v) is 3.54. The van der Waals surface area contributed by atoms with Crippen LogP contribution in [0.1, 0.15) is 25.3 Å². The van der Waals surface area contributed by atoms with Crippen LogP contribution in [0.25, 0.3) is 0 Å². The third kappa shape index (κ3) is 2.56. The Labute approximate surface area is 98.9 Å². The number of nitrogens with one attached hydrogen (secondary N) is 1. The zero-order chi connectivity index (χ0) is 11.5. The van der Waals surface area contributed by atoms with Gasteiger partial charge in [0.1, 0.15) is 0 Å². The molecule has 0 radical (unpaired) electrons. The molecule has 16 heavy (non-hydrogen) atoms. The van der Waals surface area contributed by atoms with Crippen LogP contribution in [0.3, 0.4) is 0 Å². The van der Waals surface area contributed by atoms with Crippen molar-refractivity contribution in [3.63, 3.8) is 0 Å². The molecule has 1 aromatic carbocycles. The summed E-state index contributed by atoms with van der Waals surface area (Å²) in [5.41, 5.74) is 2.82. The fourth-order valence-corrected chi connectivity index (χ4v) is 2.22. The second-order valence-electron chi connectivity index (χ2n) is 5.19.